The number of para-hydroxylation sites is 1. The van der Waals surface area contributed by atoms with Crippen molar-refractivity contribution in [2.75, 3.05) is 11.9 Å². The highest BCUT2D eigenvalue weighted by atomic mass is 16.4. The van der Waals surface area contributed by atoms with Crippen LogP contribution in [0.25, 0.3) is 10.9 Å². The summed E-state index contributed by atoms with van der Waals surface area (Å²) in [6.45, 7) is 2.35. The summed E-state index contributed by atoms with van der Waals surface area (Å²) in [7, 11) is 0. The number of rotatable bonds is 5. The van der Waals surface area contributed by atoms with E-state index in [0.29, 0.717) is 28.7 Å². The van der Waals surface area contributed by atoms with Crippen molar-refractivity contribution >= 4 is 34.2 Å². The van der Waals surface area contributed by atoms with Gasteiger partial charge in [-0.05, 0) is 37.3 Å². The maximum Gasteiger partial charge on any atom is 0.339 e. The second kappa shape index (κ2) is 7.00. The minimum atomic E-state index is -1.09. The number of fused-ring (bicyclic) bond motifs is 1. The van der Waals surface area contributed by atoms with Gasteiger partial charge in [0.2, 0.25) is 0 Å². The molecule has 2 aromatic carbocycles. The van der Waals surface area contributed by atoms with Gasteiger partial charge in [0.25, 0.3) is 5.91 Å². The number of carbonyl (C=O) groups is 2. The Labute approximate surface area is 144 Å². The van der Waals surface area contributed by atoms with Crippen molar-refractivity contribution in [2.45, 2.75) is 6.92 Å². The van der Waals surface area contributed by atoms with Crippen molar-refractivity contribution in [1.29, 1.82) is 0 Å². The molecule has 1 aromatic heterocycles. The van der Waals surface area contributed by atoms with Crippen molar-refractivity contribution in [3.63, 3.8) is 0 Å². The lowest BCUT2D eigenvalue weighted by Gasteiger charge is -2.13. The van der Waals surface area contributed by atoms with E-state index in [0.717, 1.165) is 5.69 Å². The maximum atomic E-state index is 12.1. The van der Waals surface area contributed by atoms with Gasteiger partial charge in [-0.15, -0.1) is 0 Å². The zero-order valence-corrected chi connectivity index (χ0v) is 13.6. The number of carboxylic acid groups (broad SMARTS) is 1. The summed E-state index contributed by atoms with van der Waals surface area (Å²) in [5.74, 6) is -1.30. The van der Waals surface area contributed by atoms with Gasteiger partial charge in [-0.3, -0.25) is 9.78 Å². The quantitative estimate of drug-likeness (QED) is 0.664. The summed E-state index contributed by atoms with van der Waals surface area (Å²) >= 11 is 0. The van der Waals surface area contributed by atoms with Crippen LogP contribution in [-0.2, 0) is 0 Å². The van der Waals surface area contributed by atoms with Crippen LogP contribution in [0.15, 0.2) is 54.7 Å². The average molecular weight is 335 g/mol. The minimum Gasteiger partial charge on any atom is -0.478 e. The first kappa shape index (κ1) is 16.4. The SMILES string of the molecule is CCNC(=O)c1ccc2ncc(C(=O)O)c(Nc3ccccc3)c2c1. The number of pyridine rings is 1. The number of hydrogen-bond donors (Lipinski definition) is 3. The van der Waals surface area contributed by atoms with Crippen molar-refractivity contribution in [3.8, 4) is 0 Å². The molecule has 0 aliphatic carbocycles. The van der Waals surface area contributed by atoms with E-state index in [1.807, 2.05) is 37.3 Å². The number of carboxylic acids is 1. The molecule has 1 heterocycles. The van der Waals surface area contributed by atoms with Gasteiger partial charge in [0.05, 0.1) is 11.2 Å². The Hall–Kier alpha value is -3.41. The van der Waals surface area contributed by atoms with Crippen LogP contribution in [-0.4, -0.2) is 28.5 Å². The van der Waals surface area contributed by atoms with Crippen LogP contribution in [0.1, 0.15) is 27.6 Å². The molecule has 3 rings (SSSR count). The molecule has 0 unspecified atom stereocenters. The van der Waals surface area contributed by atoms with E-state index >= 15 is 0 Å². The molecule has 0 saturated heterocycles. The van der Waals surface area contributed by atoms with Crippen LogP contribution in [0.2, 0.25) is 0 Å². The van der Waals surface area contributed by atoms with Crippen LogP contribution < -0.4 is 10.6 Å². The smallest absolute Gasteiger partial charge is 0.339 e. The number of carbonyl (C=O) groups excluding carboxylic acids is 1. The lowest BCUT2D eigenvalue weighted by atomic mass is 10.1. The second-order valence-electron chi connectivity index (χ2n) is 5.43. The number of nitrogens with one attached hydrogen (secondary N) is 2. The molecule has 0 bridgehead atoms. The van der Waals surface area contributed by atoms with E-state index in [1.54, 1.807) is 18.2 Å². The molecule has 25 heavy (non-hydrogen) atoms. The Morgan fingerprint density at radius 3 is 2.56 bits per heavy atom. The van der Waals surface area contributed by atoms with Crippen LogP contribution in [0, 0.1) is 0 Å². The van der Waals surface area contributed by atoms with Crippen LogP contribution in [0.5, 0.6) is 0 Å². The van der Waals surface area contributed by atoms with E-state index in [1.165, 1.54) is 6.20 Å². The first-order valence-corrected chi connectivity index (χ1v) is 7.86. The van der Waals surface area contributed by atoms with Crippen molar-refractivity contribution in [1.82, 2.24) is 10.3 Å². The number of anilines is 2. The maximum absolute atomic E-state index is 12.1. The molecule has 0 saturated carbocycles. The van der Waals surface area contributed by atoms with Crippen LogP contribution >= 0.6 is 0 Å². The molecular formula is C19H17N3O3. The Balaban J connectivity index is 2.18. The fraction of sp³-hybridized carbons (Fsp3) is 0.105. The van der Waals surface area contributed by atoms with E-state index in [-0.39, 0.29) is 11.5 Å². The Morgan fingerprint density at radius 2 is 1.88 bits per heavy atom. The van der Waals surface area contributed by atoms with Gasteiger partial charge >= 0.3 is 5.97 Å². The molecule has 6 nitrogen and oxygen atoms in total. The summed E-state index contributed by atoms with van der Waals surface area (Å²) in [5, 5.41) is 16.0. The second-order valence-corrected chi connectivity index (χ2v) is 5.43. The van der Waals surface area contributed by atoms with Gasteiger partial charge in [0, 0.05) is 29.4 Å². The molecule has 3 N–H and O–H groups in total. The molecule has 126 valence electrons. The monoisotopic (exact) mass is 335 g/mol. The largest absolute Gasteiger partial charge is 0.478 e. The number of amides is 1. The molecule has 0 atom stereocenters. The zero-order chi connectivity index (χ0) is 17.8. The highest BCUT2D eigenvalue weighted by Crippen LogP contribution is 2.30. The van der Waals surface area contributed by atoms with E-state index < -0.39 is 5.97 Å². The van der Waals surface area contributed by atoms with Gasteiger partial charge in [0.1, 0.15) is 5.56 Å². The topological polar surface area (TPSA) is 91.3 Å². The predicted molar refractivity (Wildman–Crippen MR) is 96.4 cm³/mol. The molecule has 6 heteroatoms. The average Bonchev–Trinajstić information content (AvgIpc) is 2.62. The molecule has 1 amide bonds. The van der Waals surface area contributed by atoms with Crippen LogP contribution in [0.3, 0.4) is 0 Å². The lowest BCUT2D eigenvalue weighted by molar-refractivity contribution is 0.0697. The number of nitrogens with zero attached hydrogens (tertiary/aromatic N) is 1. The van der Waals surface area contributed by atoms with Crippen molar-refractivity contribution in [3.05, 3.63) is 65.9 Å². The first-order chi connectivity index (χ1) is 12.1. The van der Waals surface area contributed by atoms with Crippen molar-refractivity contribution < 1.29 is 14.7 Å². The fourth-order valence-electron chi connectivity index (χ4n) is 2.56. The Bertz CT molecular complexity index is 939. The molecule has 0 aliphatic heterocycles. The third-order valence-corrected chi connectivity index (χ3v) is 3.74. The number of aromatic nitrogens is 1. The third kappa shape index (κ3) is 3.42. The molecule has 0 aliphatic rings. The van der Waals surface area contributed by atoms with Gasteiger partial charge in [-0.25, -0.2) is 4.79 Å². The standard InChI is InChI=1S/C19H17N3O3/c1-2-20-18(23)12-8-9-16-14(10-12)17(15(11-21-16)19(24)25)22-13-6-4-3-5-7-13/h3-11H,2H2,1H3,(H,20,23)(H,21,22)(H,24,25). The van der Waals surface area contributed by atoms with Crippen LogP contribution in [0.4, 0.5) is 11.4 Å². The van der Waals surface area contributed by atoms with Gasteiger partial charge in [0.15, 0.2) is 0 Å². The number of aromatic carboxylic acids is 1. The van der Waals surface area contributed by atoms with Gasteiger partial charge in [-0.1, -0.05) is 18.2 Å². The summed E-state index contributed by atoms with van der Waals surface area (Å²) < 4.78 is 0. The normalized spacial score (nSPS) is 10.4. The third-order valence-electron chi connectivity index (χ3n) is 3.74. The van der Waals surface area contributed by atoms with E-state index in [2.05, 4.69) is 15.6 Å². The number of hydrogen-bond acceptors (Lipinski definition) is 4. The molecule has 0 radical (unpaired) electrons. The highest BCUT2D eigenvalue weighted by Gasteiger charge is 2.16. The fourth-order valence-corrected chi connectivity index (χ4v) is 2.56. The molecule has 3 aromatic rings. The zero-order valence-electron chi connectivity index (χ0n) is 13.6. The molecular weight excluding hydrogens is 318 g/mol. The summed E-state index contributed by atoms with van der Waals surface area (Å²) in [5.41, 5.74) is 2.27. The summed E-state index contributed by atoms with van der Waals surface area (Å²) in [6.07, 6.45) is 1.32. The lowest BCUT2D eigenvalue weighted by Crippen LogP contribution is -2.22. The van der Waals surface area contributed by atoms with Gasteiger partial charge in [-0.2, -0.15) is 0 Å². The first-order valence-electron chi connectivity index (χ1n) is 7.86. The minimum absolute atomic E-state index is 0.0457. The Kier molecular flexibility index (Phi) is 4.61. The highest BCUT2D eigenvalue weighted by molar-refractivity contribution is 6.07. The summed E-state index contributed by atoms with van der Waals surface area (Å²) in [6, 6.07) is 14.3. The van der Waals surface area contributed by atoms with Crippen molar-refractivity contribution in [2.24, 2.45) is 0 Å². The predicted octanol–water partition coefficient (Wildman–Crippen LogP) is 3.43. The van der Waals surface area contributed by atoms with E-state index in [4.69, 9.17) is 0 Å². The van der Waals surface area contributed by atoms with Gasteiger partial charge < -0.3 is 15.7 Å². The summed E-state index contributed by atoms with van der Waals surface area (Å²) in [4.78, 5) is 27.9. The Morgan fingerprint density at radius 1 is 1.12 bits per heavy atom. The number of benzene rings is 2. The molecule has 0 fully saturated rings. The van der Waals surface area contributed by atoms with E-state index in [9.17, 15) is 14.7 Å². The molecule has 0 spiro atoms.